The van der Waals surface area contributed by atoms with E-state index in [1.165, 1.54) is 0 Å². The molecule has 1 fully saturated rings. The summed E-state index contributed by atoms with van der Waals surface area (Å²) in [5.41, 5.74) is 2.19. The molecule has 1 unspecified atom stereocenters. The second-order valence-corrected chi connectivity index (χ2v) is 6.84. The van der Waals surface area contributed by atoms with Gasteiger partial charge in [0.25, 0.3) is 0 Å². The number of aliphatic hydroxyl groups is 1. The van der Waals surface area contributed by atoms with Crippen LogP contribution in [0.3, 0.4) is 0 Å². The van der Waals surface area contributed by atoms with Gasteiger partial charge in [-0.1, -0.05) is 32.1 Å². The third-order valence-electron chi connectivity index (χ3n) is 4.35. The predicted octanol–water partition coefficient (Wildman–Crippen LogP) is 2.47. The van der Waals surface area contributed by atoms with Gasteiger partial charge in [-0.05, 0) is 31.4 Å². The normalized spacial score (nSPS) is 20.7. The van der Waals surface area contributed by atoms with Crippen LogP contribution in [0.4, 0.5) is 0 Å². The van der Waals surface area contributed by atoms with Crippen LogP contribution in [0.15, 0.2) is 30.4 Å². The standard InChI is InChI=1S/C19H31N3O/c1-16(2)6-5-10-21-11-12-22(19(15-21)9-13-23)14-18-8-4-7-17(3)20-18/h4-8,16,19,23H,9-15H2,1-3H3. The maximum atomic E-state index is 9.41. The van der Waals surface area contributed by atoms with Crippen molar-refractivity contribution >= 4 is 0 Å². The number of allylic oxidation sites excluding steroid dienone is 1. The summed E-state index contributed by atoms with van der Waals surface area (Å²) in [5.74, 6) is 0.608. The van der Waals surface area contributed by atoms with E-state index in [-0.39, 0.29) is 6.61 Å². The highest BCUT2D eigenvalue weighted by atomic mass is 16.3. The molecular weight excluding hydrogens is 286 g/mol. The monoisotopic (exact) mass is 317 g/mol. The highest BCUT2D eigenvalue weighted by Gasteiger charge is 2.26. The summed E-state index contributed by atoms with van der Waals surface area (Å²) >= 11 is 0. The van der Waals surface area contributed by atoms with Crippen LogP contribution in [0.5, 0.6) is 0 Å². The van der Waals surface area contributed by atoms with Crippen LogP contribution < -0.4 is 0 Å². The topological polar surface area (TPSA) is 39.6 Å². The van der Waals surface area contributed by atoms with Gasteiger partial charge in [0, 0.05) is 51.1 Å². The molecule has 23 heavy (non-hydrogen) atoms. The molecule has 0 spiro atoms. The Bertz CT molecular complexity index is 501. The van der Waals surface area contributed by atoms with Gasteiger partial charge in [0.15, 0.2) is 0 Å². The number of aliphatic hydroxyl groups excluding tert-OH is 1. The Morgan fingerprint density at radius 2 is 2.17 bits per heavy atom. The van der Waals surface area contributed by atoms with Gasteiger partial charge in [-0.25, -0.2) is 0 Å². The van der Waals surface area contributed by atoms with E-state index in [4.69, 9.17) is 0 Å². The van der Waals surface area contributed by atoms with E-state index in [9.17, 15) is 5.11 Å². The first kappa shape index (κ1) is 18.1. The fraction of sp³-hybridized carbons (Fsp3) is 0.632. The molecule has 1 saturated heterocycles. The lowest BCUT2D eigenvalue weighted by Crippen LogP contribution is -2.53. The molecule has 0 bridgehead atoms. The summed E-state index contributed by atoms with van der Waals surface area (Å²) in [6, 6.07) is 6.61. The van der Waals surface area contributed by atoms with Crippen molar-refractivity contribution in [3.05, 3.63) is 41.7 Å². The number of rotatable bonds is 7. The number of piperazine rings is 1. The van der Waals surface area contributed by atoms with Gasteiger partial charge in [0.1, 0.15) is 0 Å². The van der Waals surface area contributed by atoms with Crippen molar-refractivity contribution in [2.24, 2.45) is 5.92 Å². The van der Waals surface area contributed by atoms with Crippen LogP contribution in [-0.2, 0) is 6.54 Å². The van der Waals surface area contributed by atoms with Gasteiger partial charge in [0.2, 0.25) is 0 Å². The van der Waals surface area contributed by atoms with E-state index < -0.39 is 0 Å². The maximum Gasteiger partial charge on any atom is 0.0547 e. The van der Waals surface area contributed by atoms with Crippen LogP contribution in [0.25, 0.3) is 0 Å². The number of aromatic nitrogens is 1. The SMILES string of the molecule is Cc1cccc(CN2CCN(CC=CC(C)C)CC2CCO)n1. The molecule has 1 aromatic rings. The quantitative estimate of drug-likeness (QED) is 0.784. The molecule has 1 aliphatic rings. The van der Waals surface area contributed by atoms with Crippen molar-refractivity contribution in [2.75, 3.05) is 32.8 Å². The Hall–Kier alpha value is -1.23. The van der Waals surface area contributed by atoms with E-state index in [0.29, 0.717) is 12.0 Å². The number of nitrogens with zero attached hydrogens (tertiary/aromatic N) is 3. The fourth-order valence-corrected chi connectivity index (χ4v) is 3.13. The average Bonchev–Trinajstić information content (AvgIpc) is 2.50. The van der Waals surface area contributed by atoms with Crippen molar-refractivity contribution in [3.8, 4) is 0 Å². The third kappa shape index (κ3) is 6.05. The number of hydrogen-bond donors (Lipinski definition) is 1. The molecule has 2 rings (SSSR count). The molecule has 128 valence electrons. The molecule has 0 radical (unpaired) electrons. The lowest BCUT2D eigenvalue weighted by atomic mass is 10.1. The Balaban J connectivity index is 1.93. The summed E-state index contributed by atoms with van der Waals surface area (Å²) in [6.07, 6.45) is 5.37. The maximum absolute atomic E-state index is 9.41. The zero-order valence-electron chi connectivity index (χ0n) is 14.8. The van der Waals surface area contributed by atoms with Crippen LogP contribution in [-0.4, -0.2) is 58.7 Å². The second kappa shape index (κ2) is 9.16. The van der Waals surface area contributed by atoms with Crippen LogP contribution in [0.1, 0.15) is 31.7 Å². The highest BCUT2D eigenvalue weighted by molar-refractivity contribution is 5.10. The Kier molecular flexibility index (Phi) is 7.21. The van der Waals surface area contributed by atoms with Gasteiger partial charge in [-0.15, -0.1) is 0 Å². The Morgan fingerprint density at radius 3 is 2.87 bits per heavy atom. The summed E-state index contributed by atoms with van der Waals surface area (Å²) in [4.78, 5) is 9.58. The molecule has 1 aliphatic heterocycles. The zero-order chi connectivity index (χ0) is 16.7. The molecular formula is C19H31N3O. The first-order valence-corrected chi connectivity index (χ1v) is 8.75. The van der Waals surface area contributed by atoms with Crippen molar-refractivity contribution in [1.82, 2.24) is 14.8 Å². The Labute approximate surface area is 140 Å². The largest absolute Gasteiger partial charge is 0.396 e. The molecule has 0 aromatic carbocycles. The summed E-state index contributed by atoms with van der Waals surface area (Å²) in [7, 11) is 0. The molecule has 1 N–H and O–H groups in total. The van der Waals surface area contributed by atoms with Crippen LogP contribution in [0, 0.1) is 12.8 Å². The minimum absolute atomic E-state index is 0.248. The number of hydrogen-bond acceptors (Lipinski definition) is 4. The number of aryl methyl sites for hydroxylation is 1. The van der Waals surface area contributed by atoms with Gasteiger partial charge in [-0.2, -0.15) is 0 Å². The Morgan fingerprint density at radius 1 is 1.35 bits per heavy atom. The van der Waals surface area contributed by atoms with Crippen molar-refractivity contribution in [1.29, 1.82) is 0 Å². The molecule has 0 amide bonds. The highest BCUT2D eigenvalue weighted by Crippen LogP contribution is 2.16. The predicted molar refractivity (Wildman–Crippen MR) is 95.3 cm³/mol. The molecule has 0 aliphatic carbocycles. The minimum Gasteiger partial charge on any atom is -0.396 e. The van der Waals surface area contributed by atoms with E-state index in [1.54, 1.807) is 0 Å². The van der Waals surface area contributed by atoms with Crippen LogP contribution >= 0.6 is 0 Å². The average molecular weight is 317 g/mol. The first-order chi connectivity index (χ1) is 11.1. The van der Waals surface area contributed by atoms with Gasteiger partial charge in [0.05, 0.1) is 5.69 Å². The van der Waals surface area contributed by atoms with E-state index in [1.807, 2.05) is 13.0 Å². The molecule has 1 atom stereocenters. The summed E-state index contributed by atoms with van der Waals surface area (Å²) in [6.45, 7) is 11.7. The summed E-state index contributed by atoms with van der Waals surface area (Å²) < 4.78 is 0. The smallest absolute Gasteiger partial charge is 0.0547 e. The van der Waals surface area contributed by atoms with Crippen molar-refractivity contribution < 1.29 is 5.11 Å². The fourth-order valence-electron chi connectivity index (χ4n) is 3.13. The summed E-state index contributed by atoms with van der Waals surface area (Å²) in [5, 5.41) is 9.41. The molecule has 2 heterocycles. The van der Waals surface area contributed by atoms with E-state index >= 15 is 0 Å². The molecule has 4 heteroatoms. The molecule has 1 aromatic heterocycles. The van der Waals surface area contributed by atoms with E-state index in [2.05, 4.69) is 52.9 Å². The second-order valence-electron chi connectivity index (χ2n) is 6.84. The van der Waals surface area contributed by atoms with Gasteiger partial charge >= 0.3 is 0 Å². The zero-order valence-corrected chi connectivity index (χ0v) is 14.8. The lowest BCUT2D eigenvalue weighted by molar-refractivity contribution is 0.0586. The molecule has 4 nitrogen and oxygen atoms in total. The number of pyridine rings is 1. The lowest BCUT2D eigenvalue weighted by Gasteiger charge is -2.41. The van der Waals surface area contributed by atoms with Crippen LogP contribution in [0.2, 0.25) is 0 Å². The van der Waals surface area contributed by atoms with Gasteiger partial charge in [-0.3, -0.25) is 14.8 Å². The minimum atomic E-state index is 0.248. The molecule has 0 saturated carbocycles. The van der Waals surface area contributed by atoms with Crippen molar-refractivity contribution in [2.45, 2.75) is 39.8 Å². The van der Waals surface area contributed by atoms with Crippen molar-refractivity contribution in [3.63, 3.8) is 0 Å². The van der Waals surface area contributed by atoms with Gasteiger partial charge < -0.3 is 5.11 Å². The van der Waals surface area contributed by atoms with E-state index in [0.717, 1.165) is 50.5 Å². The third-order valence-corrected chi connectivity index (χ3v) is 4.35. The first-order valence-electron chi connectivity index (χ1n) is 8.75.